The van der Waals surface area contributed by atoms with Crippen LogP contribution < -0.4 is 11.2 Å². The van der Waals surface area contributed by atoms with Crippen LogP contribution in [0.2, 0.25) is 0 Å². The summed E-state index contributed by atoms with van der Waals surface area (Å²) >= 11 is 0. The Morgan fingerprint density at radius 1 is 1.89 bits per heavy atom. The van der Waals surface area contributed by atoms with Crippen molar-refractivity contribution >= 4 is 0 Å². The number of hydrogen-bond donors (Lipinski definition) is 2. The summed E-state index contributed by atoms with van der Waals surface area (Å²) in [6, 6.07) is 0. The highest BCUT2D eigenvalue weighted by molar-refractivity contribution is 5.01. The van der Waals surface area contributed by atoms with Crippen molar-refractivity contribution in [2.24, 2.45) is 5.73 Å². The second-order valence-electron chi connectivity index (χ2n) is 2.23. The Morgan fingerprint density at radius 2 is 2.67 bits per heavy atom. The summed E-state index contributed by atoms with van der Waals surface area (Å²) in [5, 5.41) is 2.09. The van der Waals surface area contributed by atoms with Crippen molar-refractivity contribution in [1.82, 2.24) is 10.4 Å². The van der Waals surface area contributed by atoms with Crippen molar-refractivity contribution in [1.29, 1.82) is 0 Å². The molecule has 0 aromatic rings. The molecule has 1 heterocycles. The van der Waals surface area contributed by atoms with E-state index in [1.807, 2.05) is 0 Å². The Balaban J connectivity index is 2.21. The first-order chi connectivity index (χ1) is 4.33. The number of nitrogens with two attached hydrogens (primary N) is 1. The second-order valence-corrected chi connectivity index (χ2v) is 2.23. The predicted octanol–water partition coefficient (Wildman–Crippen LogP) is -0.331. The molecular weight excluding hydrogens is 114 g/mol. The lowest BCUT2D eigenvalue weighted by Gasteiger charge is -2.14. The van der Waals surface area contributed by atoms with Crippen LogP contribution >= 0.6 is 0 Å². The summed E-state index contributed by atoms with van der Waals surface area (Å²) in [5.74, 6) is 0. The molecule has 52 valence electrons. The third-order valence-electron chi connectivity index (χ3n) is 1.35. The molecule has 0 fully saturated rings. The first-order valence-corrected chi connectivity index (χ1v) is 3.21. The van der Waals surface area contributed by atoms with Crippen LogP contribution in [0.25, 0.3) is 0 Å². The molecule has 1 aliphatic heterocycles. The van der Waals surface area contributed by atoms with Crippen LogP contribution in [-0.2, 0) is 0 Å². The summed E-state index contributed by atoms with van der Waals surface area (Å²) in [4.78, 5) is 0. The minimum atomic E-state index is 0.716. The number of rotatable bonds is 2. The molecule has 3 N–H and O–H groups in total. The third kappa shape index (κ3) is 1.69. The Kier molecular flexibility index (Phi) is 2.08. The Hall–Kier alpha value is -0.540. The normalized spacial score (nSPS) is 19.6. The molecule has 0 radical (unpaired) electrons. The van der Waals surface area contributed by atoms with Gasteiger partial charge < -0.3 is 11.2 Å². The second kappa shape index (κ2) is 2.85. The highest BCUT2D eigenvalue weighted by Gasteiger charge is 2.06. The van der Waals surface area contributed by atoms with Gasteiger partial charge in [0, 0.05) is 25.3 Å². The topological polar surface area (TPSA) is 41.3 Å². The van der Waals surface area contributed by atoms with Crippen LogP contribution in [0.3, 0.4) is 0 Å². The largest absolute Gasteiger partial charge is 0.329 e. The van der Waals surface area contributed by atoms with Gasteiger partial charge >= 0.3 is 0 Å². The van der Waals surface area contributed by atoms with Gasteiger partial charge in [0.15, 0.2) is 0 Å². The van der Waals surface area contributed by atoms with E-state index in [1.54, 1.807) is 0 Å². The first kappa shape index (κ1) is 6.58. The van der Waals surface area contributed by atoms with E-state index in [9.17, 15) is 0 Å². The molecule has 1 aliphatic rings. The van der Waals surface area contributed by atoms with Crippen molar-refractivity contribution in [2.75, 3.05) is 19.6 Å². The van der Waals surface area contributed by atoms with Crippen LogP contribution in [0.1, 0.15) is 6.92 Å². The summed E-state index contributed by atoms with van der Waals surface area (Å²) in [6.07, 6.45) is 2.15. The first-order valence-electron chi connectivity index (χ1n) is 3.21. The maximum atomic E-state index is 5.35. The molecule has 3 nitrogen and oxygen atoms in total. The van der Waals surface area contributed by atoms with E-state index in [0.717, 1.165) is 13.1 Å². The fourth-order valence-electron chi connectivity index (χ4n) is 0.891. The molecule has 0 bridgehead atoms. The Morgan fingerprint density at radius 3 is 3.11 bits per heavy atom. The lowest BCUT2D eigenvalue weighted by molar-refractivity contribution is 0.267. The quantitative estimate of drug-likeness (QED) is 0.533. The number of hydrogen-bond acceptors (Lipinski definition) is 3. The van der Waals surface area contributed by atoms with E-state index >= 15 is 0 Å². The van der Waals surface area contributed by atoms with Gasteiger partial charge in [-0.25, -0.2) is 5.01 Å². The Labute approximate surface area is 55.5 Å². The third-order valence-corrected chi connectivity index (χ3v) is 1.35. The highest BCUT2D eigenvalue weighted by atomic mass is 15.5. The van der Waals surface area contributed by atoms with Crippen LogP contribution in [0.4, 0.5) is 0 Å². The summed E-state index contributed by atoms with van der Waals surface area (Å²) in [6.45, 7) is 4.68. The average Bonchev–Trinajstić information content (AvgIpc) is 2.17. The molecule has 0 unspecified atom stereocenters. The molecule has 9 heavy (non-hydrogen) atoms. The molecule has 0 spiro atoms. The van der Waals surface area contributed by atoms with Gasteiger partial charge in [0.25, 0.3) is 0 Å². The van der Waals surface area contributed by atoms with Gasteiger partial charge in [-0.2, -0.15) is 0 Å². The molecule has 3 heteroatoms. The van der Waals surface area contributed by atoms with E-state index in [0.29, 0.717) is 6.54 Å². The molecule has 0 atom stereocenters. The van der Waals surface area contributed by atoms with Gasteiger partial charge in [-0.15, -0.1) is 0 Å². The van der Waals surface area contributed by atoms with Crippen LogP contribution in [0.5, 0.6) is 0 Å². The van der Waals surface area contributed by atoms with Gasteiger partial charge in [-0.1, -0.05) is 0 Å². The van der Waals surface area contributed by atoms with E-state index in [1.165, 1.54) is 5.70 Å². The smallest absolute Gasteiger partial charge is 0.0379 e. The SMILES string of the molecule is CC1=CCN(CCN)N1. The number of allylic oxidation sites excluding steroid dienone is 1. The van der Waals surface area contributed by atoms with Crippen LogP contribution in [0.15, 0.2) is 11.8 Å². The molecule has 0 saturated carbocycles. The molecule has 0 aromatic heterocycles. The molecule has 0 aliphatic carbocycles. The van der Waals surface area contributed by atoms with Gasteiger partial charge in [-0.3, -0.25) is 0 Å². The molecule has 0 saturated heterocycles. The average molecular weight is 127 g/mol. The maximum absolute atomic E-state index is 5.35. The van der Waals surface area contributed by atoms with E-state index < -0.39 is 0 Å². The van der Waals surface area contributed by atoms with Gasteiger partial charge in [0.1, 0.15) is 0 Å². The number of nitrogens with zero attached hydrogens (tertiary/aromatic N) is 1. The number of nitrogens with one attached hydrogen (secondary N) is 1. The predicted molar refractivity (Wildman–Crippen MR) is 37.5 cm³/mol. The molecule has 0 amide bonds. The van der Waals surface area contributed by atoms with Crippen molar-refractivity contribution in [3.05, 3.63) is 11.8 Å². The molecule has 0 aromatic carbocycles. The maximum Gasteiger partial charge on any atom is 0.0379 e. The minimum Gasteiger partial charge on any atom is -0.329 e. The van der Waals surface area contributed by atoms with E-state index in [-0.39, 0.29) is 0 Å². The van der Waals surface area contributed by atoms with Crippen molar-refractivity contribution in [3.8, 4) is 0 Å². The zero-order chi connectivity index (χ0) is 6.69. The monoisotopic (exact) mass is 127 g/mol. The minimum absolute atomic E-state index is 0.716. The van der Waals surface area contributed by atoms with Gasteiger partial charge in [-0.05, 0) is 13.0 Å². The zero-order valence-electron chi connectivity index (χ0n) is 5.72. The zero-order valence-corrected chi connectivity index (χ0v) is 5.72. The standard InChI is InChI=1S/C6H13N3/c1-6-2-4-9(8-6)5-3-7/h2,8H,3-5,7H2,1H3. The van der Waals surface area contributed by atoms with Gasteiger partial charge in [0.2, 0.25) is 0 Å². The van der Waals surface area contributed by atoms with Crippen molar-refractivity contribution in [3.63, 3.8) is 0 Å². The van der Waals surface area contributed by atoms with Gasteiger partial charge in [0.05, 0.1) is 0 Å². The van der Waals surface area contributed by atoms with Crippen molar-refractivity contribution < 1.29 is 0 Å². The molecule has 1 rings (SSSR count). The molecular formula is C6H13N3. The fraction of sp³-hybridized carbons (Fsp3) is 0.667. The number of hydrazine groups is 1. The van der Waals surface area contributed by atoms with Crippen LogP contribution in [0, 0.1) is 0 Å². The lowest BCUT2D eigenvalue weighted by atomic mass is 10.5. The van der Waals surface area contributed by atoms with Crippen molar-refractivity contribution in [2.45, 2.75) is 6.92 Å². The lowest BCUT2D eigenvalue weighted by Crippen LogP contribution is -2.35. The van der Waals surface area contributed by atoms with E-state index in [2.05, 4.69) is 23.4 Å². The summed E-state index contributed by atoms with van der Waals surface area (Å²) in [7, 11) is 0. The van der Waals surface area contributed by atoms with Crippen LogP contribution in [-0.4, -0.2) is 24.6 Å². The Bertz CT molecular complexity index is 119. The summed E-state index contributed by atoms with van der Waals surface area (Å²) < 4.78 is 0. The highest BCUT2D eigenvalue weighted by Crippen LogP contribution is 1.98. The fourth-order valence-corrected chi connectivity index (χ4v) is 0.891. The summed E-state index contributed by atoms with van der Waals surface area (Å²) in [5.41, 5.74) is 9.74. The van der Waals surface area contributed by atoms with E-state index in [4.69, 9.17) is 5.73 Å².